The van der Waals surface area contributed by atoms with Crippen LogP contribution in [0.1, 0.15) is 20.3 Å². The fourth-order valence-electron chi connectivity index (χ4n) is 1.29. The van der Waals surface area contributed by atoms with E-state index in [-0.39, 0.29) is 0 Å². The van der Waals surface area contributed by atoms with Gasteiger partial charge in [-0.1, -0.05) is 5.57 Å². The number of rotatable bonds is 6. The maximum absolute atomic E-state index is 4.16. The lowest BCUT2D eigenvalue weighted by atomic mass is 10.2. The fourth-order valence-corrected chi connectivity index (χ4v) is 1.29. The summed E-state index contributed by atoms with van der Waals surface area (Å²) < 4.78 is 1.94. The van der Waals surface area contributed by atoms with Gasteiger partial charge in [-0.05, 0) is 32.9 Å². The molecule has 0 saturated carbocycles. The summed E-state index contributed by atoms with van der Waals surface area (Å²) in [5.74, 6) is 0. The standard InChI is InChI=1S/C11H19N3/c1-10(2)5-7-12-11(3)9-14-8-4-6-13-14/h4,6,8,11-12H,1,5,7,9H2,2-3H3. The van der Waals surface area contributed by atoms with Crippen molar-refractivity contribution in [2.24, 2.45) is 0 Å². The molecule has 1 aromatic heterocycles. The Labute approximate surface area is 85.8 Å². The van der Waals surface area contributed by atoms with Gasteiger partial charge in [-0.2, -0.15) is 5.10 Å². The molecule has 0 saturated heterocycles. The second-order valence-corrected chi connectivity index (χ2v) is 3.79. The molecule has 1 rings (SSSR count). The van der Waals surface area contributed by atoms with E-state index < -0.39 is 0 Å². The minimum absolute atomic E-state index is 0.453. The second kappa shape index (κ2) is 5.60. The van der Waals surface area contributed by atoms with Crippen LogP contribution in [0.4, 0.5) is 0 Å². The predicted molar refractivity (Wildman–Crippen MR) is 59.1 cm³/mol. The molecule has 1 aromatic rings. The highest BCUT2D eigenvalue weighted by Gasteiger charge is 2.01. The molecule has 0 radical (unpaired) electrons. The first-order valence-corrected chi connectivity index (χ1v) is 5.03. The van der Waals surface area contributed by atoms with Crippen LogP contribution in [-0.2, 0) is 6.54 Å². The van der Waals surface area contributed by atoms with Crippen LogP contribution in [0.25, 0.3) is 0 Å². The van der Waals surface area contributed by atoms with E-state index in [9.17, 15) is 0 Å². The molecule has 0 fully saturated rings. The van der Waals surface area contributed by atoms with Gasteiger partial charge in [0.2, 0.25) is 0 Å². The molecule has 1 unspecified atom stereocenters. The third-order valence-electron chi connectivity index (χ3n) is 2.06. The molecule has 0 amide bonds. The van der Waals surface area contributed by atoms with E-state index in [0.29, 0.717) is 6.04 Å². The van der Waals surface area contributed by atoms with Crippen LogP contribution in [0.5, 0.6) is 0 Å². The summed E-state index contributed by atoms with van der Waals surface area (Å²) in [6, 6.07) is 2.40. The summed E-state index contributed by atoms with van der Waals surface area (Å²) in [4.78, 5) is 0. The van der Waals surface area contributed by atoms with Gasteiger partial charge in [-0.3, -0.25) is 4.68 Å². The molecule has 3 heteroatoms. The summed E-state index contributed by atoms with van der Waals surface area (Å²) in [6.07, 6.45) is 4.83. The van der Waals surface area contributed by atoms with Gasteiger partial charge in [0.25, 0.3) is 0 Å². The molecule has 78 valence electrons. The highest BCUT2D eigenvalue weighted by atomic mass is 15.3. The van der Waals surface area contributed by atoms with E-state index in [4.69, 9.17) is 0 Å². The number of hydrogen-bond acceptors (Lipinski definition) is 2. The predicted octanol–water partition coefficient (Wildman–Crippen LogP) is 1.83. The van der Waals surface area contributed by atoms with Gasteiger partial charge < -0.3 is 5.32 Å². The molecule has 14 heavy (non-hydrogen) atoms. The van der Waals surface area contributed by atoms with Crippen molar-refractivity contribution < 1.29 is 0 Å². The van der Waals surface area contributed by atoms with Crippen LogP contribution >= 0.6 is 0 Å². The Bertz CT molecular complexity index is 264. The molecule has 1 atom stereocenters. The summed E-state index contributed by atoms with van der Waals surface area (Å²) >= 11 is 0. The Hall–Kier alpha value is -1.09. The van der Waals surface area contributed by atoms with E-state index in [2.05, 4.69) is 30.8 Å². The van der Waals surface area contributed by atoms with E-state index in [1.807, 2.05) is 16.9 Å². The van der Waals surface area contributed by atoms with E-state index in [1.165, 1.54) is 5.57 Å². The zero-order valence-corrected chi connectivity index (χ0v) is 9.03. The van der Waals surface area contributed by atoms with E-state index in [1.54, 1.807) is 6.20 Å². The van der Waals surface area contributed by atoms with Crippen molar-refractivity contribution in [3.05, 3.63) is 30.6 Å². The third kappa shape index (κ3) is 4.23. The lowest BCUT2D eigenvalue weighted by molar-refractivity contribution is 0.454. The van der Waals surface area contributed by atoms with Crippen molar-refractivity contribution in [3.63, 3.8) is 0 Å². The van der Waals surface area contributed by atoms with Crippen molar-refractivity contribution in [1.29, 1.82) is 0 Å². The number of nitrogens with zero attached hydrogens (tertiary/aromatic N) is 2. The third-order valence-corrected chi connectivity index (χ3v) is 2.06. The van der Waals surface area contributed by atoms with Crippen molar-refractivity contribution in [1.82, 2.24) is 15.1 Å². The van der Waals surface area contributed by atoms with Gasteiger partial charge in [-0.25, -0.2) is 0 Å². The van der Waals surface area contributed by atoms with Crippen LogP contribution < -0.4 is 5.32 Å². The maximum Gasteiger partial charge on any atom is 0.0559 e. The van der Waals surface area contributed by atoms with Crippen LogP contribution in [-0.4, -0.2) is 22.4 Å². The van der Waals surface area contributed by atoms with Crippen LogP contribution in [0.3, 0.4) is 0 Å². The summed E-state index contributed by atoms with van der Waals surface area (Å²) in [7, 11) is 0. The lowest BCUT2D eigenvalue weighted by Gasteiger charge is -2.13. The molecular formula is C11H19N3. The molecule has 1 heterocycles. The smallest absolute Gasteiger partial charge is 0.0559 e. The number of aromatic nitrogens is 2. The molecule has 0 aliphatic carbocycles. The molecule has 0 aromatic carbocycles. The Morgan fingerprint density at radius 2 is 2.43 bits per heavy atom. The number of hydrogen-bond donors (Lipinski definition) is 1. The second-order valence-electron chi connectivity index (χ2n) is 3.79. The SMILES string of the molecule is C=C(C)CCNC(C)Cn1cccn1. The quantitative estimate of drug-likeness (QED) is 0.698. The fraction of sp³-hybridized carbons (Fsp3) is 0.545. The van der Waals surface area contributed by atoms with Crippen molar-refractivity contribution in [2.45, 2.75) is 32.9 Å². The average molecular weight is 193 g/mol. The van der Waals surface area contributed by atoms with Crippen molar-refractivity contribution >= 4 is 0 Å². The Morgan fingerprint density at radius 1 is 1.64 bits per heavy atom. The van der Waals surface area contributed by atoms with Gasteiger partial charge in [0.1, 0.15) is 0 Å². The van der Waals surface area contributed by atoms with Crippen LogP contribution in [0.2, 0.25) is 0 Å². The first-order valence-electron chi connectivity index (χ1n) is 5.03. The molecule has 3 nitrogen and oxygen atoms in total. The topological polar surface area (TPSA) is 29.9 Å². The zero-order valence-electron chi connectivity index (χ0n) is 9.03. The van der Waals surface area contributed by atoms with Crippen LogP contribution in [0.15, 0.2) is 30.6 Å². The number of nitrogens with one attached hydrogen (secondary N) is 1. The summed E-state index contributed by atoms with van der Waals surface area (Å²) in [5, 5.41) is 7.59. The lowest BCUT2D eigenvalue weighted by Crippen LogP contribution is -2.31. The maximum atomic E-state index is 4.16. The van der Waals surface area contributed by atoms with Crippen molar-refractivity contribution in [2.75, 3.05) is 6.54 Å². The van der Waals surface area contributed by atoms with Crippen molar-refractivity contribution in [3.8, 4) is 0 Å². The molecular weight excluding hydrogens is 174 g/mol. The normalized spacial score (nSPS) is 12.7. The van der Waals surface area contributed by atoms with Gasteiger partial charge in [0.15, 0.2) is 0 Å². The van der Waals surface area contributed by atoms with Gasteiger partial charge in [0, 0.05) is 18.4 Å². The molecule has 0 aliphatic heterocycles. The van der Waals surface area contributed by atoms with Gasteiger partial charge in [0.05, 0.1) is 6.54 Å². The Kier molecular flexibility index (Phi) is 4.40. The van der Waals surface area contributed by atoms with Gasteiger partial charge in [-0.15, -0.1) is 6.58 Å². The largest absolute Gasteiger partial charge is 0.312 e. The van der Waals surface area contributed by atoms with Crippen LogP contribution in [0, 0.1) is 0 Å². The first kappa shape index (κ1) is 11.0. The summed E-state index contributed by atoms with van der Waals surface area (Å²) in [6.45, 7) is 10.0. The monoisotopic (exact) mass is 193 g/mol. The highest BCUT2D eigenvalue weighted by Crippen LogP contribution is 1.95. The molecule has 1 N–H and O–H groups in total. The highest BCUT2D eigenvalue weighted by molar-refractivity contribution is 4.88. The summed E-state index contributed by atoms with van der Waals surface area (Å²) in [5.41, 5.74) is 1.23. The minimum Gasteiger partial charge on any atom is -0.312 e. The van der Waals surface area contributed by atoms with Gasteiger partial charge >= 0.3 is 0 Å². The Balaban J connectivity index is 2.16. The van der Waals surface area contributed by atoms with E-state index in [0.717, 1.165) is 19.5 Å². The Morgan fingerprint density at radius 3 is 3.00 bits per heavy atom. The zero-order chi connectivity index (χ0) is 10.4. The molecule has 0 aliphatic rings. The van der Waals surface area contributed by atoms with E-state index >= 15 is 0 Å². The average Bonchev–Trinajstić information content (AvgIpc) is 2.56. The molecule has 0 bridgehead atoms. The minimum atomic E-state index is 0.453. The first-order chi connectivity index (χ1) is 6.68. The molecule has 0 spiro atoms.